The Bertz CT molecular complexity index is 407. The van der Waals surface area contributed by atoms with Crippen LogP contribution in [-0.2, 0) is 0 Å². The summed E-state index contributed by atoms with van der Waals surface area (Å²) in [5, 5.41) is 5.85. The number of piperidine rings is 1. The van der Waals surface area contributed by atoms with Gasteiger partial charge in [0.2, 0.25) is 0 Å². The molecular weight excluding hydrogens is 254 g/mol. The first-order chi connectivity index (χ1) is 8.03. The number of nitrogens with one attached hydrogen (secondary N) is 1. The third-order valence-corrected chi connectivity index (χ3v) is 5.07. The maximum Gasteiger partial charge on any atom is 0.180 e. The van der Waals surface area contributed by atoms with Crippen molar-refractivity contribution in [2.75, 3.05) is 13.1 Å². The van der Waals surface area contributed by atoms with Crippen LogP contribution in [0.15, 0.2) is 11.4 Å². The summed E-state index contributed by atoms with van der Waals surface area (Å²) in [6.07, 6.45) is 2.27. The zero-order chi connectivity index (χ0) is 12.5. The lowest BCUT2D eigenvalue weighted by Crippen LogP contribution is -2.42. The Balaban J connectivity index is 2.19. The van der Waals surface area contributed by atoms with Crippen molar-refractivity contribution < 1.29 is 4.79 Å². The predicted octanol–water partition coefficient (Wildman–Crippen LogP) is 3.61. The zero-order valence-corrected chi connectivity index (χ0v) is 11.8. The van der Waals surface area contributed by atoms with E-state index >= 15 is 0 Å². The van der Waals surface area contributed by atoms with Crippen LogP contribution in [0.1, 0.15) is 36.4 Å². The molecule has 1 N–H and O–H groups in total. The maximum absolute atomic E-state index is 12.5. The first-order valence-corrected chi connectivity index (χ1v) is 7.27. The molecule has 2 nitrogen and oxygen atoms in total. The first kappa shape index (κ1) is 13.1. The minimum atomic E-state index is -0.331. The number of Topliss-reactive ketones (excluding diaryl/α,β-unsaturated/α-hetero) is 1. The van der Waals surface area contributed by atoms with Crippen LogP contribution in [0.25, 0.3) is 0 Å². The van der Waals surface area contributed by atoms with Crippen molar-refractivity contribution in [2.45, 2.75) is 26.7 Å². The maximum atomic E-state index is 12.5. The van der Waals surface area contributed by atoms with Crippen molar-refractivity contribution in [1.82, 2.24) is 5.32 Å². The van der Waals surface area contributed by atoms with Crippen molar-refractivity contribution >= 4 is 28.7 Å². The molecule has 1 saturated heterocycles. The minimum absolute atomic E-state index is 0.186. The van der Waals surface area contributed by atoms with Crippen LogP contribution >= 0.6 is 22.9 Å². The first-order valence-electron chi connectivity index (χ1n) is 6.02. The number of hydrogen-bond acceptors (Lipinski definition) is 3. The Kier molecular flexibility index (Phi) is 3.91. The van der Waals surface area contributed by atoms with Crippen LogP contribution in [0, 0.1) is 11.3 Å². The number of carbonyl (C=O) groups is 1. The highest BCUT2D eigenvalue weighted by Crippen LogP contribution is 2.38. The smallest absolute Gasteiger partial charge is 0.180 e. The molecule has 1 atom stereocenters. The number of ketones is 1. The van der Waals surface area contributed by atoms with Crippen molar-refractivity contribution in [3.8, 4) is 0 Å². The molecule has 1 aliphatic rings. The molecule has 0 spiro atoms. The second-order valence-corrected chi connectivity index (χ2v) is 6.52. The van der Waals surface area contributed by atoms with Crippen LogP contribution in [-0.4, -0.2) is 18.9 Å². The highest BCUT2D eigenvalue weighted by atomic mass is 35.5. The van der Waals surface area contributed by atoms with E-state index in [9.17, 15) is 4.79 Å². The van der Waals surface area contributed by atoms with Crippen LogP contribution in [0.4, 0.5) is 0 Å². The third kappa shape index (κ3) is 2.56. The molecule has 0 saturated carbocycles. The van der Waals surface area contributed by atoms with Crippen molar-refractivity contribution in [3.63, 3.8) is 0 Å². The lowest BCUT2D eigenvalue weighted by Gasteiger charge is -2.35. The Labute approximate surface area is 111 Å². The Hall–Kier alpha value is -0.380. The third-order valence-electron chi connectivity index (χ3n) is 3.73. The van der Waals surface area contributed by atoms with Gasteiger partial charge in [-0.2, -0.15) is 0 Å². The summed E-state index contributed by atoms with van der Waals surface area (Å²) in [4.78, 5) is 13.3. The van der Waals surface area contributed by atoms with Gasteiger partial charge in [-0.1, -0.05) is 25.4 Å². The van der Waals surface area contributed by atoms with Gasteiger partial charge >= 0.3 is 0 Å². The van der Waals surface area contributed by atoms with E-state index < -0.39 is 0 Å². The molecule has 1 aromatic rings. The zero-order valence-electron chi connectivity index (χ0n) is 10.3. The number of hydrogen-bond donors (Lipinski definition) is 1. The molecule has 2 heterocycles. The summed E-state index contributed by atoms with van der Waals surface area (Å²) >= 11 is 7.50. The van der Waals surface area contributed by atoms with Gasteiger partial charge in [0, 0.05) is 5.41 Å². The van der Waals surface area contributed by atoms with Crippen LogP contribution in [0.3, 0.4) is 0 Å². The molecule has 2 rings (SSSR count). The molecule has 1 aliphatic heterocycles. The largest absolute Gasteiger partial charge is 0.316 e. The van der Waals surface area contributed by atoms with Gasteiger partial charge in [0.1, 0.15) is 0 Å². The van der Waals surface area contributed by atoms with Gasteiger partial charge in [0.15, 0.2) is 5.78 Å². The monoisotopic (exact) mass is 271 g/mol. The van der Waals surface area contributed by atoms with Crippen molar-refractivity contribution in [2.24, 2.45) is 11.3 Å². The number of carbonyl (C=O) groups excluding carboxylic acids is 1. The average Bonchev–Trinajstić information content (AvgIpc) is 2.75. The highest BCUT2D eigenvalue weighted by Gasteiger charge is 2.38. The molecule has 1 fully saturated rings. The molecule has 17 heavy (non-hydrogen) atoms. The summed E-state index contributed by atoms with van der Waals surface area (Å²) in [5.74, 6) is 0.591. The van der Waals surface area contributed by atoms with Gasteiger partial charge < -0.3 is 5.32 Å². The van der Waals surface area contributed by atoms with Gasteiger partial charge in [-0.25, -0.2) is 0 Å². The number of rotatable bonds is 3. The summed E-state index contributed by atoms with van der Waals surface area (Å²) in [6, 6.07) is 1.80. The SMILES string of the molecule is CC(C)(C(=O)c1sccc1Cl)C1CCCNC1. The van der Waals surface area contributed by atoms with Crippen LogP contribution in [0.5, 0.6) is 0 Å². The Morgan fingerprint density at radius 2 is 2.35 bits per heavy atom. The normalized spacial score (nSPS) is 21.5. The lowest BCUT2D eigenvalue weighted by molar-refractivity contribution is 0.0713. The van der Waals surface area contributed by atoms with Crippen LogP contribution < -0.4 is 5.32 Å². The molecule has 0 radical (unpaired) electrons. The molecular formula is C13H18ClNOS. The van der Waals surface area contributed by atoms with Gasteiger partial charge in [-0.15, -0.1) is 11.3 Å². The fraction of sp³-hybridized carbons (Fsp3) is 0.615. The lowest BCUT2D eigenvalue weighted by atomic mass is 9.72. The van der Waals surface area contributed by atoms with E-state index in [-0.39, 0.29) is 11.2 Å². The molecule has 0 amide bonds. The summed E-state index contributed by atoms with van der Waals surface area (Å²) in [5.41, 5.74) is -0.331. The van der Waals surface area contributed by atoms with E-state index in [2.05, 4.69) is 5.32 Å². The van der Waals surface area contributed by atoms with E-state index in [1.807, 2.05) is 19.2 Å². The topological polar surface area (TPSA) is 29.1 Å². The molecule has 0 aromatic carbocycles. The van der Waals surface area contributed by atoms with E-state index in [0.29, 0.717) is 15.8 Å². The Morgan fingerprint density at radius 1 is 1.59 bits per heavy atom. The predicted molar refractivity (Wildman–Crippen MR) is 73.0 cm³/mol. The van der Waals surface area contributed by atoms with Gasteiger partial charge in [-0.05, 0) is 43.3 Å². The molecule has 4 heteroatoms. The fourth-order valence-electron chi connectivity index (χ4n) is 2.40. The number of halogens is 1. The molecule has 1 unspecified atom stereocenters. The summed E-state index contributed by atoms with van der Waals surface area (Å²) < 4.78 is 0. The van der Waals surface area contributed by atoms with Crippen molar-refractivity contribution in [1.29, 1.82) is 0 Å². The quantitative estimate of drug-likeness (QED) is 0.851. The second-order valence-electron chi connectivity index (χ2n) is 5.19. The second kappa shape index (κ2) is 5.09. The van der Waals surface area contributed by atoms with E-state index in [0.717, 1.165) is 25.9 Å². The number of thiophene rings is 1. The van der Waals surface area contributed by atoms with E-state index in [1.54, 1.807) is 6.07 Å². The van der Waals surface area contributed by atoms with E-state index in [4.69, 9.17) is 11.6 Å². The Morgan fingerprint density at radius 3 is 2.88 bits per heavy atom. The fourth-order valence-corrected chi connectivity index (χ4v) is 3.65. The standard InChI is InChI=1S/C13H18ClNOS/c1-13(2,9-4-3-6-15-8-9)12(16)11-10(14)5-7-17-11/h5,7,9,15H,3-4,6,8H2,1-2H3. The molecule has 0 bridgehead atoms. The van der Waals surface area contributed by atoms with Gasteiger partial charge in [0.05, 0.1) is 9.90 Å². The summed E-state index contributed by atoms with van der Waals surface area (Å²) in [6.45, 7) is 6.09. The average molecular weight is 272 g/mol. The molecule has 94 valence electrons. The summed E-state index contributed by atoms with van der Waals surface area (Å²) in [7, 11) is 0. The molecule has 0 aliphatic carbocycles. The highest BCUT2D eigenvalue weighted by molar-refractivity contribution is 7.12. The van der Waals surface area contributed by atoms with Crippen molar-refractivity contribution in [3.05, 3.63) is 21.3 Å². The minimum Gasteiger partial charge on any atom is -0.316 e. The molecule has 1 aromatic heterocycles. The van der Waals surface area contributed by atoms with E-state index in [1.165, 1.54) is 11.3 Å². The van der Waals surface area contributed by atoms with Gasteiger partial charge in [0.25, 0.3) is 0 Å². The van der Waals surface area contributed by atoms with Gasteiger partial charge in [-0.3, -0.25) is 4.79 Å². The van der Waals surface area contributed by atoms with Crippen LogP contribution in [0.2, 0.25) is 5.02 Å².